The fourth-order valence-electron chi connectivity index (χ4n) is 7.87. The molecule has 0 bridgehead atoms. The van der Waals surface area contributed by atoms with Crippen LogP contribution in [0.25, 0.3) is 105 Å². The number of hydrogen-bond acceptors (Lipinski definition) is 4. The Morgan fingerprint density at radius 1 is 0.385 bits per heavy atom. The molecule has 0 atom stereocenters. The van der Waals surface area contributed by atoms with Gasteiger partial charge in [0, 0.05) is 43.6 Å². The van der Waals surface area contributed by atoms with E-state index in [1.807, 2.05) is 60.7 Å². The van der Waals surface area contributed by atoms with Gasteiger partial charge < -0.3 is 4.42 Å². The van der Waals surface area contributed by atoms with Gasteiger partial charge in [-0.2, -0.15) is 9.97 Å². The first-order chi connectivity index (χ1) is 25.8. The van der Waals surface area contributed by atoms with Crippen LogP contribution in [-0.4, -0.2) is 19.5 Å². The Hall–Kier alpha value is -7.11. The Morgan fingerprint density at radius 3 is 1.73 bits per heavy atom. The molecule has 0 radical (unpaired) electrons. The third-order valence-corrected chi connectivity index (χ3v) is 10.2. The van der Waals surface area contributed by atoms with Crippen LogP contribution in [0, 0.1) is 0 Å². The molecule has 5 heteroatoms. The van der Waals surface area contributed by atoms with Crippen molar-refractivity contribution in [2.75, 3.05) is 0 Å². The summed E-state index contributed by atoms with van der Waals surface area (Å²) in [6.45, 7) is 0. The van der Waals surface area contributed by atoms with Gasteiger partial charge in [0.15, 0.2) is 11.6 Å². The second-order valence-corrected chi connectivity index (χ2v) is 13.2. The lowest BCUT2D eigenvalue weighted by atomic mass is 9.99. The molecule has 0 aliphatic carbocycles. The van der Waals surface area contributed by atoms with E-state index in [2.05, 4.69) is 114 Å². The van der Waals surface area contributed by atoms with Gasteiger partial charge in [-0.25, -0.2) is 4.98 Å². The molecular weight excluding hydrogens is 637 g/mol. The summed E-state index contributed by atoms with van der Waals surface area (Å²) < 4.78 is 8.81. The lowest BCUT2D eigenvalue weighted by Gasteiger charge is -2.13. The molecular formula is C47H28N4O. The van der Waals surface area contributed by atoms with Crippen molar-refractivity contribution in [1.82, 2.24) is 19.5 Å². The smallest absolute Gasteiger partial charge is 0.238 e. The van der Waals surface area contributed by atoms with E-state index in [0.717, 1.165) is 76.8 Å². The minimum absolute atomic E-state index is 0.563. The maximum Gasteiger partial charge on any atom is 0.238 e. The highest BCUT2D eigenvalue weighted by Crippen LogP contribution is 2.42. The number of nitrogens with zero attached hydrogens (tertiary/aromatic N) is 4. The van der Waals surface area contributed by atoms with Crippen LogP contribution in [0.3, 0.4) is 0 Å². The Kier molecular flexibility index (Phi) is 6.18. The first-order valence-electron chi connectivity index (χ1n) is 17.5. The normalized spacial score (nSPS) is 11.8. The third-order valence-electron chi connectivity index (χ3n) is 10.2. The summed E-state index contributed by atoms with van der Waals surface area (Å²) in [6, 6.07) is 59.1. The number of furan rings is 1. The highest BCUT2D eigenvalue weighted by atomic mass is 16.3. The summed E-state index contributed by atoms with van der Waals surface area (Å²) in [5, 5.41) is 9.18. The summed E-state index contributed by atoms with van der Waals surface area (Å²) in [6.07, 6.45) is 0. The quantitative estimate of drug-likeness (QED) is 0.188. The van der Waals surface area contributed by atoms with Gasteiger partial charge in [-0.15, -0.1) is 0 Å². The lowest BCUT2D eigenvalue weighted by Crippen LogP contribution is -2.07. The van der Waals surface area contributed by atoms with Crippen molar-refractivity contribution < 1.29 is 4.42 Å². The van der Waals surface area contributed by atoms with Crippen molar-refractivity contribution in [1.29, 1.82) is 0 Å². The molecule has 11 aromatic rings. The highest BCUT2D eigenvalue weighted by molar-refractivity contribution is 6.22. The summed E-state index contributed by atoms with van der Waals surface area (Å²) in [4.78, 5) is 15.5. The van der Waals surface area contributed by atoms with Gasteiger partial charge in [0.2, 0.25) is 5.95 Å². The van der Waals surface area contributed by atoms with E-state index in [-0.39, 0.29) is 0 Å². The lowest BCUT2D eigenvalue weighted by molar-refractivity contribution is 0.669. The van der Waals surface area contributed by atoms with E-state index in [1.165, 1.54) is 10.8 Å². The molecule has 242 valence electrons. The second kappa shape index (κ2) is 11.2. The Balaban J connectivity index is 1.25. The molecule has 0 aliphatic rings. The largest absolute Gasteiger partial charge is 0.456 e. The molecule has 5 nitrogen and oxygen atoms in total. The van der Waals surface area contributed by atoms with Crippen molar-refractivity contribution >= 4 is 65.3 Å². The number of rotatable bonds is 4. The molecule has 0 N–H and O–H groups in total. The van der Waals surface area contributed by atoms with Gasteiger partial charge in [-0.05, 0) is 39.9 Å². The molecule has 8 aromatic carbocycles. The summed E-state index contributed by atoms with van der Waals surface area (Å²) in [5.74, 6) is 1.80. The zero-order valence-electron chi connectivity index (χ0n) is 27.9. The van der Waals surface area contributed by atoms with E-state index in [9.17, 15) is 0 Å². The van der Waals surface area contributed by atoms with Gasteiger partial charge in [-0.1, -0.05) is 152 Å². The molecule has 3 aromatic heterocycles. The number of benzene rings is 8. The summed E-state index contributed by atoms with van der Waals surface area (Å²) in [5.41, 5.74) is 7.79. The minimum Gasteiger partial charge on any atom is -0.456 e. The predicted molar refractivity (Wildman–Crippen MR) is 213 cm³/mol. The van der Waals surface area contributed by atoms with E-state index in [1.54, 1.807) is 0 Å². The highest BCUT2D eigenvalue weighted by Gasteiger charge is 2.22. The van der Waals surface area contributed by atoms with Crippen LogP contribution in [0.15, 0.2) is 174 Å². The topological polar surface area (TPSA) is 56.7 Å². The maximum atomic E-state index is 6.56. The van der Waals surface area contributed by atoms with E-state index < -0.39 is 0 Å². The first kappa shape index (κ1) is 28.7. The van der Waals surface area contributed by atoms with Crippen LogP contribution < -0.4 is 0 Å². The molecule has 0 amide bonds. The van der Waals surface area contributed by atoms with Crippen LogP contribution in [0.1, 0.15) is 0 Å². The molecule has 0 fully saturated rings. The average molecular weight is 665 g/mol. The van der Waals surface area contributed by atoms with Crippen LogP contribution in [0.2, 0.25) is 0 Å². The fraction of sp³-hybridized carbons (Fsp3) is 0. The van der Waals surface area contributed by atoms with Crippen molar-refractivity contribution in [3.63, 3.8) is 0 Å². The zero-order valence-corrected chi connectivity index (χ0v) is 27.9. The second-order valence-electron chi connectivity index (χ2n) is 13.2. The maximum absolute atomic E-state index is 6.56. The Bertz CT molecular complexity index is 3120. The van der Waals surface area contributed by atoms with E-state index in [0.29, 0.717) is 17.6 Å². The molecule has 0 unspecified atom stereocenters. The molecule has 0 saturated carbocycles. The zero-order chi connectivity index (χ0) is 34.2. The van der Waals surface area contributed by atoms with Crippen molar-refractivity contribution in [2.24, 2.45) is 0 Å². The molecule has 52 heavy (non-hydrogen) atoms. The van der Waals surface area contributed by atoms with Gasteiger partial charge in [-0.3, -0.25) is 4.57 Å². The van der Waals surface area contributed by atoms with Crippen LogP contribution in [0.4, 0.5) is 0 Å². The first-order valence-corrected chi connectivity index (χ1v) is 17.5. The van der Waals surface area contributed by atoms with E-state index in [4.69, 9.17) is 19.4 Å². The Labute approximate surface area is 298 Å². The molecule has 3 heterocycles. The van der Waals surface area contributed by atoms with Crippen LogP contribution >= 0.6 is 0 Å². The molecule has 11 rings (SSSR count). The summed E-state index contributed by atoms with van der Waals surface area (Å²) >= 11 is 0. The Morgan fingerprint density at radius 2 is 0.981 bits per heavy atom. The van der Waals surface area contributed by atoms with Crippen LogP contribution in [0.5, 0.6) is 0 Å². The van der Waals surface area contributed by atoms with Crippen molar-refractivity contribution in [2.45, 2.75) is 0 Å². The monoisotopic (exact) mass is 664 g/mol. The summed E-state index contributed by atoms with van der Waals surface area (Å²) in [7, 11) is 0. The van der Waals surface area contributed by atoms with Crippen molar-refractivity contribution in [3.8, 4) is 39.9 Å². The van der Waals surface area contributed by atoms with Crippen LogP contribution in [-0.2, 0) is 0 Å². The van der Waals surface area contributed by atoms with E-state index >= 15 is 0 Å². The average Bonchev–Trinajstić information content (AvgIpc) is 3.77. The SMILES string of the molecule is c1ccc(-c2nc(-c3ccccc3)nc(-n3c4c(-c5ccc6c(c5)oc5ccc7ccccc7c56)cccc4c4ccc5ccccc5c43)n2)cc1. The molecule has 0 saturated heterocycles. The predicted octanol–water partition coefficient (Wildman–Crippen LogP) is 12.2. The standard InChI is InChI=1S/C47H28N4O/c1-3-14-31(15-4-1)45-48-46(32-16-5-2-6-17-32)50-47(49-45)51-43-35-19-10-8-13-30(35)22-25-38(43)37-21-11-20-36(44(37)51)33-23-26-39-41(28-33)52-40-27-24-29-12-7-9-18-34(29)42(39)40/h1-28H. The minimum atomic E-state index is 0.563. The van der Waals surface area contributed by atoms with Gasteiger partial charge >= 0.3 is 0 Å². The fourth-order valence-corrected chi connectivity index (χ4v) is 7.87. The third kappa shape index (κ3) is 4.33. The number of hydrogen-bond donors (Lipinski definition) is 0. The number of aromatic nitrogens is 4. The number of para-hydroxylation sites is 1. The van der Waals surface area contributed by atoms with Crippen molar-refractivity contribution in [3.05, 3.63) is 170 Å². The van der Waals surface area contributed by atoms with Gasteiger partial charge in [0.05, 0.1) is 11.0 Å². The number of fused-ring (bicyclic) bond motifs is 10. The molecule has 0 aliphatic heterocycles. The van der Waals surface area contributed by atoms with Gasteiger partial charge in [0.1, 0.15) is 11.2 Å². The molecule has 0 spiro atoms. The van der Waals surface area contributed by atoms with Gasteiger partial charge in [0.25, 0.3) is 0 Å².